The molecule has 2 aromatic carbocycles. The fourth-order valence-electron chi connectivity index (χ4n) is 1.53. The van der Waals surface area contributed by atoms with Crippen LogP contribution in [0, 0.1) is 0 Å². The van der Waals surface area contributed by atoms with Gasteiger partial charge in [-0.1, -0.05) is 57.9 Å². The molecule has 0 aliphatic rings. The first kappa shape index (κ1) is 13.4. The average Bonchev–Trinajstić information content (AvgIpc) is 2.38. The molecular formula is C14H12BrClO2. The maximum absolute atomic E-state index is 9.95. The van der Waals surface area contributed by atoms with Crippen molar-refractivity contribution in [1.82, 2.24) is 0 Å². The molecule has 0 aliphatic heterocycles. The minimum absolute atomic E-state index is 0.172. The van der Waals surface area contributed by atoms with E-state index in [1.165, 1.54) is 0 Å². The third-order valence-electron chi connectivity index (χ3n) is 2.47. The smallest absolute Gasteiger partial charge is 0.138 e. The molecular weight excluding hydrogens is 316 g/mol. The second-order valence-corrected chi connectivity index (χ2v) is 5.14. The van der Waals surface area contributed by atoms with Crippen LogP contribution in [0.25, 0.3) is 0 Å². The first-order valence-corrected chi connectivity index (χ1v) is 6.65. The highest BCUT2D eigenvalue weighted by atomic mass is 79.9. The molecule has 2 aromatic rings. The minimum Gasteiger partial charge on any atom is -0.489 e. The molecule has 2 rings (SSSR count). The zero-order valence-corrected chi connectivity index (χ0v) is 11.9. The van der Waals surface area contributed by atoms with E-state index in [1.54, 1.807) is 12.1 Å². The Morgan fingerprint density at radius 2 is 1.89 bits per heavy atom. The first-order chi connectivity index (χ1) is 8.66. The Hall–Kier alpha value is -1.03. The molecule has 1 atom stereocenters. The molecule has 0 aliphatic carbocycles. The van der Waals surface area contributed by atoms with Crippen LogP contribution in [0.5, 0.6) is 5.75 Å². The lowest BCUT2D eigenvalue weighted by Gasteiger charge is -2.13. The Morgan fingerprint density at radius 1 is 1.17 bits per heavy atom. The van der Waals surface area contributed by atoms with Gasteiger partial charge in [-0.05, 0) is 23.8 Å². The molecule has 1 N–H and O–H groups in total. The van der Waals surface area contributed by atoms with Gasteiger partial charge in [0, 0.05) is 4.47 Å². The van der Waals surface area contributed by atoms with Crippen LogP contribution in [-0.2, 0) is 0 Å². The van der Waals surface area contributed by atoms with Crippen LogP contribution in [0.1, 0.15) is 11.7 Å². The molecule has 4 heteroatoms. The van der Waals surface area contributed by atoms with Crippen LogP contribution >= 0.6 is 27.5 Å². The quantitative estimate of drug-likeness (QED) is 0.911. The summed E-state index contributed by atoms with van der Waals surface area (Å²) in [6.45, 7) is 0.172. The van der Waals surface area contributed by atoms with E-state index in [0.29, 0.717) is 10.8 Å². The highest BCUT2D eigenvalue weighted by Crippen LogP contribution is 2.28. The van der Waals surface area contributed by atoms with Crippen molar-refractivity contribution in [2.75, 3.05) is 6.61 Å². The predicted octanol–water partition coefficient (Wildman–Crippen LogP) is 4.21. The van der Waals surface area contributed by atoms with Crippen LogP contribution in [0.3, 0.4) is 0 Å². The monoisotopic (exact) mass is 326 g/mol. The van der Waals surface area contributed by atoms with E-state index in [2.05, 4.69) is 15.9 Å². The van der Waals surface area contributed by atoms with Crippen LogP contribution in [0.15, 0.2) is 53.0 Å². The van der Waals surface area contributed by atoms with Crippen molar-refractivity contribution in [1.29, 1.82) is 0 Å². The van der Waals surface area contributed by atoms with Crippen LogP contribution in [0.2, 0.25) is 5.02 Å². The fraction of sp³-hybridized carbons (Fsp3) is 0.143. The molecule has 0 radical (unpaired) electrons. The first-order valence-electron chi connectivity index (χ1n) is 5.47. The van der Waals surface area contributed by atoms with E-state index in [1.807, 2.05) is 36.4 Å². The summed E-state index contributed by atoms with van der Waals surface area (Å²) < 4.78 is 6.40. The van der Waals surface area contributed by atoms with Crippen molar-refractivity contribution in [2.24, 2.45) is 0 Å². The fourth-order valence-corrected chi connectivity index (χ4v) is 2.26. The maximum atomic E-state index is 9.95. The van der Waals surface area contributed by atoms with Gasteiger partial charge < -0.3 is 9.84 Å². The van der Waals surface area contributed by atoms with E-state index in [-0.39, 0.29) is 6.61 Å². The van der Waals surface area contributed by atoms with Crippen molar-refractivity contribution >= 4 is 27.5 Å². The van der Waals surface area contributed by atoms with Crippen LogP contribution in [0.4, 0.5) is 0 Å². The summed E-state index contributed by atoms with van der Waals surface area (Å²) in [4.78, 5) is 0. The molecule has 94 valence electrons. The summed E-state index contributed by atoms with van der Waals surface area (Å²) in [6, 6.07) is 14.7. The SMILES string of the molecule is OC(COc1ccc(Br)cc1Cl)c1ccccc1. The molecule has 18 heavy (non-hydrogen) atoms. The normalized spacial score (nSPS) is 12.2. The zero-order chi connectivity index (χ0) is 13.0. The Morgan fingerprint density at radius 3 is 2.56 bits per heavy atom. The molecule has 0 heterocycles. The van der Waals surface area contributed by atoms with Gasteiger partial charge in [0.25, 0.3) is 0 Å². The van der Waals surface area contributed by atoms with Crippen molar-refractivity contribution in [2.45, 2.75) is 6.10 Å². The van der Waals surface area contributed by atoms with Crippen molar-refractivity contribution < 1.29 is 9.84 Å². The number of hydrogen-bond acceptors (Lipinski definition) is 2. The Labute approximate surface area is 119 Å². The molecule has 0 fully saturated rings. The number of benzene rings is 2. The molecule has 0 saturated heterocycles. The lowest BCUT2D eigenvalue weighted by atomic mass is 10.1. The Balaban J connectivity index is 1.99. The summed E-state index contributed by atoms with van der Waals surface area (Å²) >= 11 is 9.35. The lowest BCUT2D eigenvalue weighted by Crippen LogP contribution is -2.09. The minimum atomic E-state index is -0.661. The molecule has 0 bridgehead atoms. The molecule has 0 spiro atoms. The van der Waals surface area contributed by atoms with E-state index in [0.717, 1.165) is 10.0 Å². The van der Waals surface area contributed by atoms with E-state index >= 15 is 0 Å². The zero-order valence-electron chi connectivity index (χ0n) is 9.51. The summed E-state index contributed by atoms with van der Waals surface area (Å²) in [7, 11) is 0. The molecule has 0 saturated carbocycles. The summed E-state index contributed by atoms with van der Waals surface area (Å²) in [5, 5.41) is 10.5. The van der Waals surface area contributed by atoms with Gasteiger partial charge in [0.05, 0.1) is 5.02 Å². The molecule has 0 aromatic heterocycles. The average molecular weight is 328 g/mol. The van der Waals surface area contributed by atoms with Gasteiger partial charge in [0.1, 0.15) is 18.5 Å². The number of aliphatic hydroxyl groups is 1. The van der Waals surface area contributed by atoms with Gasteiger partial charge >= 0.3 is 0 Å². The second-order valence-electron chi connectivity index (χ2n) is 3.81. The third kappa shape index (κ3) is 3.48. The lowest BCUT2D eigenvalue weighted by molar-refractivity contribution is 0.108. The Kier molecular flexibility index (Phi) is 4.64. The highest BCUT2D eigenvalue weighted by molar-refractivity contribution is 9.10. The van der Waals surface area contributed by atoms with Gasteiger partial charge in [0.15, 0.2) is 0 Å². The standard InChI is InChI=1S/C14H12BrClO2/c15-11-6-7-14(12(16)8-11)18-9-13(17)10-4-2-1-3-5-10/h1-8,13,17H,9H2. The van der Waals surface area contributed by atoms with Crippen molar-refractivity contribution in [3.63, 3.8) is 0 Å². The predicted molar refractivity (Wildman–Crippen MR) is 76.0 cm³/mol. The van der Waals surface area contributed by atoms with Gasteiger partial charge in [0.2, 0.25) is 0 Å². The summed E-state index contributed by atoms with van der Waals surface area (Å²) in [5.41, 5.74) is 0.825. The van der Waals surface area contributed by atoms with Crippen molar-refractivity contribution in [3.8, 4) is 5.75 Å². The van der Waals surface area contributed by atoms with Gasteiger partial charge in [-0.2, -0.15) is 0 Å². The number of rotatable bonds is 4. The number of aliphatic hydroxyl groups excluding tert-OH is 1. The topological polar surface area (TPSA) is 29.5 Å². The van der Waals surface area contributed by atoms with E-state index in [9.17, 15) is 5.11 Å². The Bertz CT molecular complexity index is 516. The number of halogens is 2. The number of ether oxygens (including phenoxy) is 1. The van der Waals surface area contributed by atoms with Gasteiger partial charge in [-0.3, -0.25) is 0 Å². The summed E-state index contributed by atoms with van der Waals surface area (Å²) in [5.74, 6) is 0.565. The second kappa shape index (κ2) is 6.23. The molecule has 1 unspecified atom stereocenters. The summed E-state index contributed by atoms with van der Waals surface area (Å²) in [6.07, 6.45) is -0.661. The van der Waals surface area contributed by atoms with Gasteiger partial charge in [-0.15, -0.1) is 0 Å². The third-order valence-corrected chi connectivity index (χ3v) is 3.26. The van der Waals surface area contributed by atoms with Crippen LogP contribution < -0.4 is 4.74 Å². The van der Waals surface area contributed by atoms with Gasteiger partial charge in [-0.25, -0.2) is 0 Å². The van der Waals surface area contributed by atoms with E-state index in [4.69, 9.17) is 16.3 Å². The van der Waals surface area contributed by atoms with Crippen LogP contribution in [-0.4, -0.2) is 11.7 Å². The molecule has 2 nitrogen and oxygen atoms in total. The van der Waals surface area contributed by atoms with Crippen molar-refractivity contribution in [3.05, 3.63) is 63.6 Å². The highest BCUT2D eigenvalue weighted by Gasteiger charge is 2.09. The largest absolute Gasteiger partial charge is 0.489 e. The van der Waals surface area contributed by atoms with E-state index < -0.39 is 6.10 Å². The molecule has 0 amide bonds. The number of hydrogen-bond donors (Lipinski definition) is 1. The maximum Gasteiger partial charge on any atom is 0.138 e.